The van der Waals surface area contributed by atoms with Gasteiger partial charge in [-0.25, -0.2) is 4.39 Å². The van der Waals surface area contributed by atoms with Gasteiger partial charge in [0.05, 0.1) is 12.5 Å². The highest BCUT2D eigenvalue weighted by molar-refractivity contribution is 5.84. The molecule has 0 unspecified atom stereocenters. The lowest BCUT2D eigenvalue weighted by Gasteiger charge is -2.37. The third-order valence-corrected chi connectivity index (χ3v) is 5.92. The SMILES string of the molecule is CC[C@H](C)NC(=O)C1(Cc2ccccc2-c2cc(F)ccc2OC)CCOCC1. The second-order valence-electron chi connectivity index (χ2n) is 7.85. The summed E-state index contributed by atoms with van der Waals surface area (Å²) in [6, 6.07) is 12.5. The lowest BCUT2D eigenvalue weighted by Crippen LogP contribution is -2.48. The number of carbonyl (C=O) groups is 1. The average molecular weight is 400 g/mol. The van der Waals surface area contributed by atoms with Crippen LogP contribution in [0, 0.1) is 11.2 Å². The van der Waals surface area contributed by atoms with Crippen LogP contribution in [0.2, 0.25) is 0 Å². The molecule has 1 N–H and O–H groups in total. The fourth-order valence-corrected chi connectivity index (χ4v) is 3.92. The van der Waals surface area contributed by atoms with E-state index in [1.165, 1.54) is 12.1 Å². The maximum atomic E-state index is 14.0. The molecule has 1 saturated heterocycles. The number of hydrogen-bond donors (Lipinski definition) is 1. The standard InChI is InChI=1S/C24H30FNO3/c1-4-17(2)26-23(27)24(11-13-29-14-12-24)16-18-7-5-6-8-20(18)21-15-19(25)9-10-22(21)28-3/h5-10,15,17H,4,11-14,16H2,1-3H3,(H,26,27)/t17-/m0/s1. The molecule has 1 amide bonds. The van der Waals surface area contributed by atoms with Gasteiger partial charge in [0.1, 0.15) is 11.6 Å². The average Bonchev–Trinajstić information content (AvgIpc) is 2.74. The van der Waals surface area contributed by atoms with Gasteiger partial charge in [0, 0.05) is 24.8 Å². The molecule has 0 aromatic heterocycles. The van der Waals surface area contributed by atoms with Crippen LogP contribution in [0.3, 0.4) is 0 Å². The quantitative estimate of drug-likeness (QED) is 0.731. The number of halogens is 1. The Morgan fingerprint density at radius 3 is 2.62 bits per heavy atom. The van der Waals surface area contributed by atoms with Crippen LogP contribution in [-0.2, 0) is 16.0 Å². The number of rotatable bonds is 7. The van der Waals surface area contributed by atoms with Crippen LogP contribution in [0.4, 0.5) is 4.39 Å². The molecule has 1 atom stereocenters. The molecule has 2 aromatic carbocycles. The van der Waals surface area contributed by atoms with Gasteiger partial charge in [-0.15, -0.1) is 0 Å². The normalized spacial score (nSPS) is 16.8. The highest BCUT2D eigenvalue weighted by atomic mass is 19.1. The number of hydrogen-bond acceptors (Lipinski definition) is 3. The molecule has 2 aromatic rings. The van der Waals surface area contributed by atoms with E-state index in [-0.39, 0.29) is 17.8 Å². The number of carbonyl (C=O) groups excluding carboxylic acids is 1. The van der Waals surface area contributed by atoms with Gasteiger partial charge >= 0.3 is 0 Å². The predicted molar refractivity (Wildman–Crippen MR) is 112 cm³/mol. The fraction of sp³-hybridized carbons (Fsp3) is 0.458. The zero-order valence-electron chi connectivity index (χ0n) is 17.5. The van der Waals surface area contributed by atoms with Crippen molar-refractivity contribution in [3.63, 3.8) is 0 Å². The zero-order valence-corrected chi connectivity index (χ0v) is 17.5. The Labute approximate surface area is 172 Å². The van der Waals surface area contributed by atoms with E-state index in [0.29, 0.717) is 43.8 Å². The molecule has 0 radical (unpaired) electrons. The second-order valence-corrected chi connectivity index (χ2v) is 7.85. The maximum Gasteiger partial charge on any atom is 0.226 e. The summed E-state index contributed by atoms with van der Waals surface area (Å²) in [5.74, 6) is 0.381. The third kappa shape index (κ3) is 4.78. The van der Waals surface area contributed by atoms with Crippen molar-refractivity contribution in [1.82, 2.24) is 5.32 Å². The molecule has 1 fully saturated rings. The van der Waals surface area contributed by atoms with Crippen molar-refractivity contribution in [1.29, 1.82) is 0 Å². The highest BCUT2D eigenvalue weighted by Gasteiger charge is 2.41. The van der Waals surface area contributed by atoms with Gasteiger partial charge in [0.15, 0.2) is 0 Å². The van der Waals surface area contributed by atoms with E-state index in [1.54, 1.807) is 13.2 Å². The van der Waals surface area contributed by atoms with Crippen molar-refractivity contribution in [2.45, 2.75) is 45.6 Å². The van der Waals surface area contributed by atoms with E-state index in [1.807, 2.05) is 31.2 Å². The number of benzene rings is 2. The first-order chi connectivity index (χ1) is 14.0. The van der Waals surface area contributed by atoms with Crippen LogP contribution in [0.1, 0.15) is 38.7 Å². The monoisotopic (exact) mass is 399 g/mol. The Kier molecular flexibility index (Phi) is 6.91. The summed E-state index contributed by atoms with van der Waals surface area (Å²) in [4.78, 5) is 13.3. The molecular formula is C24H30FNO3. The summed E-state index contributed by atoms with van der Waals surface area (Å²) in [6.07, 6.45) is 2.80. The number of nitrogens with one attached hydrogen (secondary N) is 1. The van der Waals surface area contributed by atoms with E-state index < -0.39 is 5.41 Å². The van der Waals surface area contributed by atoms with Crippen molar-refractivity contribution < 1.29 is 18.7 Å². The predicted octanol–water partition coefficient (Wildman–Crippen LogP) is 4.76. The Balaban J connectivity index is 2.00. The fourth-order valence-electron chi connectivity index (χ4n) is 3.92. The van der Waals surface area contributed by atoms with Crippen LogP contribution in [0.5, 0.6) is 5.75 Å². The van der Waals surface area contributed by atoms with Gasteiger partial charge in [-0.3, -0.25) is 4.79 Å². The largest absolute Gasteiger partial charge is 0.496 e. The van der Waals surface area contributed by atoms with Crippen LogP contribution in [0.15, 0.2) is 42.5 Å². The molecule has 1 aliphatic rings. The second kappa shape index (κ2) is 9.40. The maximum absolute atomic E-state index is 14.0. The first-order valence-electron chi connectivity index (χ1n) is 10.3. The summed E-state index contributed by atoms with van der Waals surface area (Å²) < 4.78 is 25.0. The van der Waals surface area contributed by atoms with Crippen molar-refractivity contribution >= 4 is 5.91 Å². The van der Waals surface area contributed by atoms with Gasteiger partial charge in [0.25, 0.3) is 0 Å². The molecule has 0 saturated carbocycles. The van der Waals surface area contributed by atoms with Gasteiger partial charge in [-0.2, -0.15) is 0 Å². The summed E-state index contributed by atoms with van der Waals surface area (Å²) >= 11 is 0. The van der Waals surface area contributed by atoms with Gasteiger partial charge in [-0.05, 0) is 61.9 Å². The van der Waals surface area contributed by atoms with E-state index >= 15 is 0 Å². The Morgan fingerprint density at radius 2 is 1.93 bits per heavy atom. The highest BCUT2D eigenvalue weighted by Crippen LogP contribution is 2.40. The summed E-state index contributed by atoms with van der Waals surface area (Å²) in [7, 11) is 1.58. The molecule has 0 bridgehead atoms. The van der Waals surface area contributed by atoms with Crippen molar-refractivity contribution in [3.8, 4) is 16.9 Å². The molecule has 4 nitrogen and oxygen atoms in total. The molecule has 0 spiro atoms. The first kappa shape index (κ1) is 21.3. The Hall–Kier alpha value is -2.40. The zero-order chi connectivity index (χ0) is 20.9. The number of ether oxygens (including phenoxy) is 2. The lowest BCUT2D eigenvalue weighted by molar-refractivity contribution is -0.137. The third-order valence-electron chi connectivity index (χ3n) is 5.92. The van der Waals surface area contributed by atoms with E-state index in [9.17, 15) is 9.18 Å². The molecule has 3 rings (SSSR count). The first-order valence-corrected chi connectivity index (χ1v) is 10.3. The topological polar surface area (TPSA) is 47.6 Å². The molecule has 5 heteroatoms. The van der Waals surface area contributed by atoms with Crippen molar-refractivity contribution in [2.75, 3.05) is 20.3 Å². The summed E-state index contributed by atoms with van der Waals surface area (Å²) in [5, 5.41) is 3.17. The smallest absolute Gasteiger partial charge is 0.226 e. The summed E-state index contributed by atoms with van der Waals surface area (Å²) in [5.41, 5.74) is 2.08. The summed E-state index contributed by atoms with van der Waals surface area (Å²) in [6.45, 7) is 5.22. The van der Waals surface area contributed by atoms with Gasteiger partial charge in [-0.1, -0.05) is 31.2 Å². The van der Waals surface area contributed by atoms with E-state index in [4.69, 9.17) is 9.47 Å². The van der Waals surface area contributed by atoms with E-state index in [0.717, 1.165) is 17.5 Å². The van der Waals surface area contributed by atoms with Crippen LogP contribution in [-0.4, -0.2) is 32.3 Å². The molecule has 1 aliphatic heterocycles. The number of amides is 1. The Morgan fingerprint density at radius 1 is 1.21 bits per heavy atom. The minimum Gasteiger partial charge on any atom is -0.496 e. The minimum absolute atomic E-state index is 0.0798. The van der Waals surface area contributed by atoms with Gasteiger partial charge in [0.2, 0.25) is 5.91 Å². The van der Waals surface area contributed by atoms with Crippen molar-refractivity contribution in [3.05, 3.63) is 53.8 Å². The number of methoxy groups -OCH3 is 1. The van der Waals surface area contributed by atoms with Crippen LogP contribution < -0.4 is 10.1 Å². The van der Waals surface area contributed by atoms with Crippen LogP contribution >= 0.6 is 0 Å². The van der Waals surface area contributed by atoms with E-state index in [2.05, 4.69) is 12.2 Å². The minimum atomic E-state index is -0.529. The lowest BCUT2D eigenvalue weighted by atomic mass is 9.73. The van der Waals surface area contributed by atoms with Gasteiger partial charge < -0.3 is 14.8 Å². The molecular weight excluding hydrogens is 369 g/mol. The molecule has 29 heavy (non-hydrogen) atoms. The Bertz CT molecular complexity index is 846. The molecule has 156 valence electrons. The molecule has 1 heterocycles. The molecule has 0 aliphatic carbocycles. The van der Waals surface area contributed by atoms with Crippen molar-refractivity contribution in [2.24, 2.45) is 5.41 Å². The van der Waals surface area contributed by atoms with Crippen LogP contribution in [0.25, 0.3) is 11.1 Å².